The standard InChI is InChI=1S/C13H20N4O/c1-9(2)6-10(8-14)7-12-16-13(17-18-12)11-4-3-5-15-11/h3-5,9-10,15H,6-8,14H2,1-2H3. The molecule has 1 unspecified atom stereocenters. The molecule has 0 aliphatic heterocycles. The van der Waals surface area contributed by atoms with Crippen LogP contribution in [-0.4, -0.2) is 21.7 Å². The minimum absolute atomic E-state index is 0.405. The SMILES string of the molecule is CC(C)CC(CN)Cc1nc(-c2ccc[nH]2)no1. The van der Waals surface area contributed by atoms with Gasteiger partial charge in [-0.05, 0) is 36.9 Å². The average molecular weight is 248 g/mol. The molecule has 0 radical (unpaired) electrons. The highest BCUT2D eigenvalue weighted by Gasteiger charge is 2.15. The van der Waals surface area contributed by atoms with Gasteiger partial charge in [-0.2, -0.15) is 4.98 Å². The van der Waals surface area contributed by atoms with Gasteiger partial charge in [0.15, 0.2) is 0 Å². The minimum Gasteiger partial charge on any atom is -0.359 e. The third-order valence-corrected chi connectivity index (χ3v) is 2.91. The third-order valence-electron chi connectivity index (χ3n) is 2.91. The summed E-state index contributed by atoms with van der Waals surface area (Å²) in [6.45, 7) is 5.04. The van der Waals surface area contributed by atoms with Crippen LogP contribution >= 0.6 is 0 Å². The number of rotatable bonds is 6. The second-order valence-electron chi connectivity index (χ2n) is 5.03. The summed E-state index contributed by atoms with van der Waals surface area (Å²) < 4.78 is 5.27. The van der Waals surface area contributed by atoms with Crippen molar-refractivity contribution in [2.45, 2.75) is 26.7 Å². The lowest BCUT2D eigenvalue weighted by Crippen LogP contribution is -2.19. The molecular formula is C13H20N4O. The molecule has 18 heavy (non-hydrogen) atoms. The first-order valence-corrected chi connectivity index (χ1v) is 6.35. The van der Waals surface area contributed by atoms with Gasteiger partial charge in [0.25, 0.3) is 0 Å². The van der Waals surface area contributed by atoms with Crippen LogP contribution in [0.5, 0.6) is 0 Å². The van der Waals surface area contributed by atoms with Gasteiger partial charge >= 0.3 is 0 Å². The van der Waals surface area contributed by atoms with E-state index < -0.39 is 0 Å². The van der Waals surface area contributed by atoms with Gasteiger partial charge in [-0.1, -0.05) is 19.0 Å². The van der Waals surface area contributed by atoms with Gasteiger partial charge in [-0.15, -0.1) is 0 Å². The predicted molar refractivity (Wildman–Crippen MR) is 69.8 cm³/mol. The Morgan fingerprint density at radius 2 is 2.28 bits per heavy atom. The molecule has 5 nitrogen and oxygen atoms in total. The highest BCUT2D eigenvalue weighted by Crippen LogP contribution is 2.18. The molecule has 0 bridgehead atoms. The number of aromatic nitrogens is 3. The zero-order valence-electron chi connectivity index (χ0n) is 10.9. The highest BCUT2D eigenvalue weighted by molar-refractivity contribution is 5.47. The zero-order valence-corrected chi connectivity index (χ0v) is 10.9. The van der Waals surface area contributed by atoms with Crippen LogP contribution < -0.4 is 5.73 Å². The summed E-state index contributed by atoms with van der Waals surface area (Å²) in [4.78, 5) is 7.44. The van der Waals surface area contributed by atoms with Gasteiger partial charge in [0, 0.05) is 12.6 Å². The molecule has 0 fully saturated rings. The molecule has 0 aromatic carbocycles. The van der Waals surface area contributed by atoms with Gasteiger partial charge in [0.1, 0.15) is 0 Å². The Labute approximate surface area is 107 Å². The number of aromatic amines is 1. The molecule has 0 aliphatic rings. The second-order valence-corrected chi connectivity index (χ2v) is 5.03. The van der Waals surface area contributed by atoms with Crippen LogP contribution in [0.4, 0.5) is 0 Å². The first-order valence-electron chi connectivity index (χ1n) is 6.35. The van der Waals surface area contributed by atoms with Crippen LogP contribution in [0.1, 0.15) is 26.2 Å². The lowest BCUT2D eigenvalue weighted by molar-refractivity contribution is 0.332. The molecule has 0 saturated carbocycles. The van der Waals surface area contributed by atoms with Crippen molar-refractivity contribution in [1.29, 1.82) is 0 Å². The van der Waals surface area contributed by atoms with Crippen LogP contribution in [0.3, 0.4) is 0 Å². The number of nitrogens with two attached hydrogens (primary N) is 1. The number of H-pyrrole nitrogens is 1. The number of hydrogen-bond donors (Lipinski definition) is 2. The van der Waals surface area contributed by atoms with Crippen LogP contribution in [0.2, 0.25) is 0 Å². The summed E-state index contributed by atoms with van der Waals surface area (Å²) in [6.07, 6.45) is 3.67. The zero-order chi connectivity index (χ0) is 13.0. The summed E-state index contributed by atoms with van der Waals surface area (Å²) in [5.41, 5.74) is 6.65. The lowest BCUT2D eigenvalue weighted by Gasteiger charge is -2.14. The average Bonchev–Trinajstić information content (AvgIpc) is 2.97. The predicted octanol–water partition coefficient (Wildman–Crippen LogP) is 2.23. The Morgan fingerprint density at radius 1 is 1.44 bits per heavy atom. The molecule has 98 valence electrons. The quantitative estimate of drug-likeness (QED) is 0.821. The summed E-state index contributed by atoms with van der Waals surface area (Å²) in [6, 6.07) is 3.83. The minimum atomic E-state index is 0.405. The van der Waals surface area contributed by atoms with Crippen LogP contribution in [-0.2, 0) is 6.42 Å². The largest absolute Gasteiger partial charge is 0.359 e. The molecule has 0 aliphatic carbocycles. The molecular weight excluding hydrogens is 228 g/mol. The molecule has 2 heterocycles. The van der Waals surface area contributed by atoms with E-state index in [0.717, 1.165) is 18.5 Å². The third kappa shape index (κ3) is 3.20. The molecule has 0 spiro atoms. The van der Waals surface area contributed by atoms with E-state index in [4.69, 9.17) is 10.3 Å². The molecule has 0 amide bonds. The first kappa shape index (κ1) is 12.8. The van der Waals surface area contributed by atoms with E-state index in [1.165, 1.54) is 0 Å². The fourth-order valence-corrected chi connectivity index (χ4v) is 2.09. The molecule has 1 atom stereocenters. The topological polar surface area (TPSA) is 80.7 Å². The summed E-state index contributed by atoms with van der Waals surface area (Å²) >= 11 is 0. The van der Waals surface area contributed by atoms with E-state index in [2.05, 4.69) is 29.0 Å². The molecule has 2 aromatic heterocycles. The number of nitrogens with zero attached hydrogens (tertiary/aromatic N) is 2. The van der Waals surface area contributed by atoms with Gasteiger partial charge < -0.3 is 15.2 Å². The van der Waals surface area contributed by atoms with Crippen molar-refractivity contribution in [2.75, 3.05) is 6.54 Å². The van der Waals surface area contributed by atoms with Gasteiger partial charge in [0.2, 0.25) is 11.7 Å². The first-order chi connectivity index (χ1) is 8.69. The van der Waals surface area contributed by atoms with E-state index in [-0.39, 0.29) is 0 Å². The normalized spacial score (nSPS) is 13.1. The molecule has 5 heteroatoms. The van der Waals surface area contributed by atoms with Crippen LogP contribution in [0.15, 0.2) is 22.9 Å². The van der Waals surface area contributed by atoms with E-state index in [0.29, 0.717) is 30.1 Å². The van der Waals surface area contributed by atoms with Crippen molar-refractivity contribution >= 4 is 0 Å². The summed E-state index contributed by atoms with van der Waals surface area (Å²) in [7, 11) is 0. The van der Waals surface area contributed by atoms with Crippen molar-refractivity contribution in [3.8, 4) is 11.5 Å². The highest BCUT2D eigenvalue weighted by atomic mass is 16.5. The lowest BCUT2D eigenvalue weighted by atomic mass is 9.94. The maximum absolute atomic E-state index is 5.77. The van der Waals surface area contributed by atoms with E-state index >= 15 is 0 Å². The maximum Gasteiger partial charge on any atom is 0.227 e. The summed E-state index contributed by atoms with van der Waals surface area (Å²) in [5.74, 6) is 2.30. The van der Waals surface area contributed by atoms with Crippen LogP contribution in [0, 0.1) is 11.8 Å². The van der Waals surface area contributed by atoms with Crippen LogP contribution in [0.25, 0.3) is 11.5 Å². The Bertz CT molecular complexity index is 461. The van der Waals surface area contributed by atoms with E-state index in [1.807, 2.05) is 18.3 Å². The van der Waals surface area contributed by atoms with E-state index in [1.54, 1.807) is 0 Å². The molecule has 0 saturated heterocycles. The van der Waals surface area contributed by atoms with Gasteiger partial charge in [0.05, 0.1) is 5.69 Å². The number of nitrogens with one attached hydrogen (secondary N) is 1. The van der Waals surface area contributed by atoms with Gasteiger partial charge in [-0.25, -0.2) is 0 Å². The maximum atomic E-state index is 5.77. The van der Waals surface area contributed by atoms with Crippen molar-refractivity contribution in [3.63, 3.8) is 0 Å². The smallest absolute Gasteiger partial charge is 0.227 e. The number of hydrogen-bond acceptors (Lipinski definition) is 4. The second kappa shape index (κ2) is 5.82. The molecule has 2 aromatic rings. The monoisotopic (exact) mass is 248 g/mol. The molecule has 3 N–H and O–H groups in total. The Kier molecular flexibility index (Phi) is 4.15. The Hall–Kier alpha value is -1.62. The van der Waals surface area contributed by atoms with Crippen molar-refractivity contribution in [3.05, 3.63) is 24.2 Å². The van der Waals surface area contributed by atoms with Crippen molar-refractivity contribution in [2.24, 2.45) is 17.6 Å². The Morgan fingerprint density at radius 3 is 2.89 bits per heavy atom. The Balaban J connectivity index is 2.01. The fourth-order valence-electron chi connectivity index (χ4n) is 2.09. The fraction of sp³-hybridized carbons (Fsp3) is 0.538. The summed E-state index contributed by atoms with van der Waals surface area (Å²) in [5, 5.41) is 3.97. The van der Waals surface area contributed by atoms with Crippen molar-refractivity contribution < 1.29 is 4.52 Å². The van der Waals surface area contributed by atoms with Crippen molar-refractivity contribution in [1.82, 2.24) is 15.1 Å². The molecule has 2 rings (SSSR count). The van der Waals surface area contributed by atoms with E-state index in [9.17, 15) is 0 Å². The van der Waals surface area contributed by atoms with Gasteiger partial charge in [-0.3, -0.25) is 0 Å².